The molecule has 0 saturated carbocycles. The third-order valence-corrected chi connectivity index (χ3v) is 5.59. The summed E-state index contributed by atoms with van der Waals surface area (Å²) in [5.74, 6) is -1.76. The summed E-state index contributed by atoms with van der Waals surface area (Å²) in [4.78, 5) is 7.48. The van der Waals surface area contributed by atoms with Crippen molar-refractivity contribution in [3.8, 4) is 23.1 Å². The fraction of sp³-hybridized carbons (Fsp3) is 0. The van der Waals surface area contributed by atoms with Crippen LogP contribution in [0.15, 0.2) is 24.5 Å². The number of hydrogen-bond acceptors (Lipinski definition) is 6. The molecule has 4 rings (SSSR count). The van der Waals surface area contributed by atoms with Gasteiger partial charge >= 0.3 is 0 Å². The van der Waals surface area contributed by atoms with Crippen molar-refractivity contribution < 1.29 is 13.9 Å². The van der Waals surface area contributed by atoms with Crippen molar-refractivity contribution in [2.24, 2.45) is 0 Å². The minimum absolute atomic E-state index is 0.0303. The monoisotopic (exact) mass is 401 g/mol. The lowest BCUT2D eigenvalue weighted by molar-refractivity contribution is 0.459. The third-order valence-electron chi connectivity index (χ3n) is 4.13. The number of hydrogen-bond donors (Lipinski definition) is 2. The van der Waals surface area contributed by atoms with E-state index >= 15 is 4.39 Å². The van der Waals surface area contributed by atoms with Crippen LogP contribution in [0.2, 0.25) is 5.02 Å². The molecule has 0 saturated heterocycles. The van der Waals surface area contributed by atoms with Crippen molar-refractivity contribution in [1.29, 1.82) is 5.26 Å². The van der Waals surface area contributed by atoms with Crippen molar-refractivity contribution in [2.45, 2.75) is 0 Å². The number of halogens is 3. The van der Waals surface area contributed by atoms with Crippen LogP contribution in [0.1, 0.15) is 5.56 Å². The van der Waals surface area contributed by atoms with Crippen LogP contribution in [0.5, 0.6) is 5.88 Å². The van der Waals surface area contributed by atoms with Crippen molar-refractivity contribution in [2.75, 3.05) is 5.32 Å². The molecule has 9 heteroatoms. The molecule has 0 aliphatic rings. The maximum atomic E-state index is 15.3. The standard InChI is InChI=1S/C18H8ClF2N4OS/c1-23-18-9(5-22)12-7(2-3-11(20)16(12)27-18)13-10(19)4-8-15(14(13)21)24-6-25-17(8)26/h2-4,6,23H,1H2,(H,24,25,26). The highest BCUT2D eigenvalue weighted by Crippen LogP contribution is 2.45. The Morgan fingerprint density at radius 2 is 2.07 bits per heavy atom. The zero-order chi connectivity index (χ0) is 19.3. The maximum absolute atomic E-state index is 15.3. The van der Waals surface area contributed by atoms with Gasteiger partial charge in [-0.15, -0.1) is 11.3 Å². The summed E-state index contributed by atoms with van der Waals surface area (Å²) in [5, 5.41) is 22.6. The van der Waals surface area contributed by atoms with E-state index in [0.717, 1.165) is 17.7 Å². The summed E-state index contributed by atoms with van der Waals surface area (Å²) in [5.41, 5.74) is 0.199. The van der Waals surface area contributed by atoms with Crippen LogP contribution in [0, 0.1) is 30.0 Å². The molecule has 0 unspecified atom stereocenters. The van der Waals surface area contributed by atoms with E-state index in [9.17, 15) is 14.8 Å². The van der Waals surface area contributed by atoms with E-state index in [-0.39, 0.29) is 42.7 Å². The fourth-order valence-electron chi connectivity index (χ4n) is 2.97. The molecule has 2 heterocycles. The molecule has 0 aliphatic carbocycles. The summed E-state index contributed by atoms with van der Waals surface area (Å²) in [6.45, 7) is 0. The van der Waals surface area contributed by atoms with Crippen LogP contribution in [0.4, 0.5) is 13.8 Å². The van der Waals surface area contributed by atoms with Gasteiger partial charge in [-0.05, 0) is 17.7 Å². The lowest BCUT2D eigenvalue weighted by atomic mass is 9.97. The van der Waals surface area contributed by atoms with Gasteiger partial charge in [-0.2, -0.15) is 5.26 Å². The Hall–Kier alpha value is -3.02. The summed E-state index contributed by atoms with van der Waals surface area (Å²) in [7, 11) is 3.52. The molecule has 0 atom stereocenters. The second-order valence-corrected chi connectivity index (χ2v) is 6.96. The van der Waals surface area contributed by atoms with E-state index in [2.05, 4.69) is 22.3 Å². The van der Waals surface area contributed by atoms with E-state index in [4.69, 9.17) is 11.6 Å². The number of thiophene rings is 1. The molecule has 0 aliphatic heterocycles. The predicted octanol–water partition coefficient (Wildman–Crippen LogP) is 5.22. The van der Waals surface area contributed by atoms with Gasteiger partial charge in [0.2, 0.25) is 5.88 Å². The Bertz CT molecular complexity index is 1280. The minimum Gasteiger partial charge on any atom is -0.493 e. The normalized spacial score (nSPS) is 11.1. The maximum Gasteiger partial charge on any atom is 0.222 e. The largest absolute Gasteiger partial charge is 0.493 e. The molecule has 0 bridgehead atoms. The van der Waals surface area contributed by atoms with Crippen molar-refractivity contribution in [1.82, 2.24) is 9.97 Å². The fourth-order valence-corrected chi connectivity index (χ4v) is 4.27. The Morgan fingerprint density at radius 1 is 1.30 bits per heavy atom. The van der Waals surface area contributed by atoms with Crippen LogP contribution in [-0.2, 0) is 0 Å². The van der Waals surface area contributed by atoms with E-state index in [1.54, 1.807) is 0 Å². The van der Waals surface area contributed by atoms with Crippen LogP contribution >= 0.6 is 22.9 Å². The topological polar surface area (TPSA) is 81.8 Å². The molecule has 2 aromatic carbocycles. The molecule has 0 amide bonds. The highest BCUT2D eigenvalue weighted by Gasteiger charge is 2.24. The molecular weight excluding hydrogens is 394 g/mol. The quantitative estimate of drug-likeness (QED) is 0.481. The molecule has 0 fully saturated rings. The molecule has 133 valence electrons. The highest BCUT2D eigenvalue weighted by atomic mass is 35.5. The smallest absolute Gasteiger partial charge is 0.222 e. The number of benzene rings is 2. The second kappa shape index (κ2) is 6.30. The predicted molar refractivity (Wildman–Crippen MR) is 101 cm³/mol. The molecule has 27 heavy (non-hydrogen) atoms. The first kappa shape index (κ1) is 17.4. The average Bonchev–Trinajstić information content (AvgIpc) is 3.04. The lowest BCUT2D eigenvalue weighted by Gasteiger charge is -2.11. The molecule has 2 aromatic heterocycles. The molecule has 1 radical (unpaired) electrons. The number of rotatable bonds is 2. The number of anilines is 1. The third kappa shape index (κ3) is 2.47. The van der Waals surface area contributed by atoms with Crippen LogP contribution in [0.25, 0.3) is 32.1 Å². The molecule has 5 nitrogen and oxygen atoms in total. The Kier molecular flexibility index (Phi) is 4.06. The second-order valence-electron chi connectivity index (χ2n) is 5.53. The van der Waals surface area contributed by atoms with Crippen molar-refractivity contribution >= 4 is 48.9 Å². The number of aromatic hydroxyl groups is 1. The average molecular weight is 402 g/mol. The first-order valence-electron chi connectivity index (χ1n) is 7.48. The Morgan fingerprint density at radius 3 is 2.78 bits per heavy atom. The minimum atomic E-state index is -0.803. The van der Waals surface area contributed by atoms with E-state index in [1.807, 2.05) is 6.07 Å². The van der Waals surface area contributed by atoms with Gasteiger partial charge in [0.1, 0.15) is 28.7 Å². The SMILES string of the molecule is [CH2]Nc1sc2c(F)ccc(-c3c(Cl)cc4c(O)ncnc4c3F)c2c1C#N. The van der Waals surface area contributed by atoms with Crippen LogP contribution in [-0.4, -0.2) is 15.1 Å². The number of nitrogens with zero attached hydrogens (tertiary/aromatic N) is 3. The van der Waals surface area contributed by atoms with E-state index < -0.39 is 17.5 Å². The van der Waals surface area contributed by atoms with Crippen LogP contribution < -0.4 is 5.32 Å². The first-order chi connectivity index (χ1) is 13.0. The van der Waals surface area contributed by atoms with Gasteiger partial charge in [0.05, 0.1) is 20.7 Å². The molecule has 2 N–H and O–H groups in total. The summed E-state index contributed by atoms with van der Waals surface area (Å²) in [6.07, 6.45) is 1.02. The van der Waals surface area contributed by atoms with Gasteiger partial charge in [0, 0.05) is 18.0 Å². The summed E-state index contributed by atoms with van der Waals surface area (Å²) < 4.78 is 29.8. The Labute approximate surface area is 160 Å². The first-order valence-corrected chi connectivity index (χ1v) is 8.67. The van der Waals surface area contributed by atoms with E-state index in [1.165, 1.54) is 18.2 Å². The van der Waals surface area contributed by atoms with E-state index in [0.29, 0.717) is 5.00 Å². The molecule has 4 aromatic rings. The highest BCUT2D eigenvalue weighted by molar-refractivity contribution is 7.23. The summed E-state index contributed by atoms with van der Waals surface area (Å²) in [6, 6.07) is 5.87. The van der Waals surface area contributed by atoms with Gasteiger partial charge in [-0.1, -0.05) is 17.7 Å². The van der Waals surface area contributed by atoms with Gasteiger partial charge in [-0.3, -0.25) is 0 Å². The number of nitriles is 1. The van der Waals surface area contributed by atoms with Gasteiger partial charge < -0.3 is 10.4 Å². The number of aromatic nitrogens is 2. The summed E-state index contributed by atoms with van der Waals surface area (Å²) >= 11 is 7.28. The van der Waals surface area contributed by atoms with Gasteiger partial charge in [0.25, 0.3) is 0 Å². The number of fused-ring (bicyclic) bond motifs is 2. The van der Waals surface area contributed by atoms with Gasteiger partial charge in [-0.25, -0.2) is 18.7 Å². The van der Waals surface area contributed by atoms with Gasteiger partial charge in [0.15, 0.2) is 5.82 Å². The molecular formula is C18H8ClF2N4OS. The zero-order valence-electron chi connectivity index (χ0n) is 13.3. The number of nitrogens with one attached hydrogen (secondary N) is 1. The molecule has 0 spiro atoms. The van der Waals surface area contributed by atoms with Crippen molar-refractivity contribution in [3.05, 3.63) is 53.8 Å². The Balaban J connectivity index is 2.17. The van der Waals surface area contributed by atoms with Crippen LogP contribution in [0.3, 0.4) is 0 Å². The zero-order valence-corrected chi connectivity index (χ0v) is 14.9. The lowest BCUT2D eigenvalue weighted by Crippen LogP contribution is -1.94. The van der Waals surface area contributed by atoms with Crippen molar-refractivity contribution in [3.63, 3.8) is 0 Å².